The van der Waals surface area contributed by atoms with Gasteiger partial charge in [-0.05, 0) is 43.5 Å². The van der Waals surface area contributed by atoms with Crippen molar-refractivity contribution in [1.29, 1.82) is 0 Å². The maximum absolute atomic E-state index is 6.01. The van der Waals surface area contributed by atoms with Crippen LogP contribution in [0.5, 0.6) is 5.75 Å². The average Bonchev–Trinajstić information content (AvgIpc) is 2.46. The molecule has 3 heteroatoms. The van der Waals surface area contributed by atoms with Gasteiger partial charge >= 0.3 is 0 Å². The highest BCUT2D eigenvalue weighted by atomic mass is 32.2. The molecule has 0 amide bonds. The zero-order valence-corrected chi connectivity index (χ0v) is 13.5. The van der Waals surface area contributed by atoms with Crippen molar-refractivity contribution in [3.05, 3.63) is 59.7 Å². The number of thioether (sulfide) groups is 1. The van der Waals surface area contributed by atoms with Gasteiger partial charge < -0.3 is 10.5 Å². The van der Waals surface area contributed by atoms with Crippen LogP contribution in [0.1, 0.15) is 18.1 Å². The smallest absolute Gasteiger partial charge is 0.125 e. The predicted molar refractivity (Wildman–Crippen MR) is 91.2 cm³/mol. The quantitative estimate of drug-likeness (QED) is 0.619. The number of benzene rings is 2. The molecule has 0 radical (unpaired) electrons. The number of para-hydroxylation sites is 1. The number of ether oxygens (including phenoxy) is 1. The van der Waals surface area contributed by atoms with Crippen molar-refractivity contribution < 1.29 is 4.74 Å². The monoisotopic (exact) mass is 301 g/mol. The third kappa shape index (κ3) is 5.10. The van der Waals surface area contributed by atoms with Gasteiger partial charge in [0.1, 0.15) is 5.75 Å². The predicted octanol–water partition coefficient (Wildman–Crippen LogP) is 4.06. The first-order valence-corrected chi connectivity index (χ1v) is 8.30. The van der Waals surface area contributed by atoms with Gasteiger partial charge in [0.05, 0.1) is 6.61 Å². The highest BCUT2D eigenvalue weighted by molar-refractivity contribution is 7.99. The van der Waals surface area contributed by atoms with Crippen LogP contribution >= 0.6 is 11.8 Å². The number of hydrogen-bond donors (Lipinski definition) is 1. The Morgan fingerprint density at radius 2 is 1.86 bits per heavy atom. The summed E-state index contributed by atoms with van der Waals surface area (Å²) in [6.45, 7) is 4.82. The molecule has 1 atom stereocenters. The summed E-state index contributed by atoms with van der Waals surface area (Å²) in [5.74, 6) is 1.94. The fourth-order valence-corrected chi connectivity index (χ4v) is 3.00. The molecule has 0 aromatic heterocycles. The standard InChI is InChI=1S/C18H23NOS/c1-14-7-6-8-16(13-15(2)19)18(14)20-11-12-21-17-9-4-3-5-10-17/h3-10,15H,11-13,19H2,1-2H3. The molecule has 2 nitrogen and oxygen atoms in total. The van der Waals surface area contributed by atoms with E-state index in [1.54, 1.807) is 0 Å². The molecule has 2 aromatic rings. The summed E-state index contributed by atoms with van der Waals surface area (Å²) in [6, 6.07) is 16.8. The van der Waals surface area contributed by atoms with Crippen LogP contribution in [0.2, 0.25) is 0 Å². The zero-order valence-electron chi connectivity index (χ0n) is 12.7. The average molecular weight is 301 g/mol. The van der Waals surface area contributed by atoms with Crippen LogP contribution in [0.4, 0.5) is 0 Å². The summed E-state index contributed by atoms with van der Waals surface area (Å²) in [6.07, 6.45) is 0.850. The molecule has 0 aliphatic carbocycles. The first-order chi connectivity index (χ1) is 10.2. The Morgan fingerprint density at radius 3 is 2.57 bits per heavy atom. The van der Waals surface area contributed by atoms with E-state index in [2.05, 4.69) is 49.4 Å². The fraction of sp³-hybridized carbons (Fsp3) is 0.333. The minimum absolute atomic E-state index is 0.146. The summed E-state index contributed by atoms with van der Waals surface area (Å²) < 4.78 is 6.01. The van der Waals surface area contributed by atoms with Crippen molar-refractivity contribution in [3.8, 4) is 5.75 Å². The summed E-state index contributed by atoms with van der Waals surface area (Å²) >= 11 is 1.82. The lowest BCUT2D eigenvalue weighted by molar-refractivity contribution is 0.337. The van der Waals surface area contributed by atoms with Gasteiger partial charge in [-0.2, -0.15) is 0 Å². The number of rotatable bonds is 7. The summed E-state index contributed by atoms with van der Waals surface area (Å²) in [5, 5.41) is 0. The third-order valence-electron chi connectivity index (χ3n) is 3.18. The van der Waals surface area contributed by atoms with E-state index in [0.29, 0.717) is 6.61 Å². The molecule has 0 saturated carbocycles. The molecule has 0 heterocycles. The Bertz CT molecular complexity index is 554. The van der Waals surface area contributed by atoms with Crippen LogP contribution in [0.15, 0.2) is 53.4 Å². The van der Waals surface area contributed by atoms with E-state index >= 15 is 0 Å². The summed E-state index contributed by atoms with van der Waals surface area (Å²) in [4.78, 5) is 1.28. The van der Waals surface area contributed by atoms with Gasteiger partial charge in [0.15, 0.2) is 0 Å². The number of nitrogens with two attached hydrogens (primary N) is 1. The van der Waals surface area contributed by atoms with Crippen LogP contribution in [0.3, 0.4) is 0 Å². The largest absolute Gasteiger partial charge is 0.492 e. The molecule has 0 aliphatic rings. The maximum Gasteiger partial charge on any atom is 0.125 e. The normalized spacial score (nSPS) is 12.1. The summed E-state index contributed by atoms with van der Waals surface area (Å²) in [5.41, 5.74) is 8.30. The maximum atomic E-state index is 6.01. The molecule has 0 saturated heterocycles. The second kappa shape index (κ2) is 8.11. The molecule has 2 N–H and O–H groups in total. The van der Waals surface area contributed by atoms with Crippen LogP contribution in [0.25, 0.3) is 0 Å². The highest BCUT2D eigenvalue weighted by Gasteiger charge is 2.08. The zero-order chi connectivity index (χ0) is 15.1. The Hall–Kier alpha value is -1.45. The van der Waals surface area contributed by atoms with E-state index < -0.39 is 0 Å². The molecule has 0 fully saturated rings. The molecule has 0 spiro atoms. The molecule has 0 aliphatic heterocycles. The van der Waals surface area contributed by atoms with Gasteiger partial charge in [-0.15, -0.1) is 11.8 Å². The van der Waals surface area contributed by atoms with Crippen molar-refractivity contribution in [2.75, 3.05) is 12.4 Å². The van der Waals surface area contributed by atoms with Crippen molar-refractivity contribution in [3.63, 3.8) is 0 Å². The van der Waals surface area contributed by atoms with Gasteiger partial charge in [0.25, 0.3) is 0 Å². The van der Waals surface area contributed by atoms with Crippen LogP contribution in [0, 0.1) is 6.92 Å². The summed E-state index contributed by atoms with van der Waals surface area (Å²) in [7, 11) is 0. The Labute approximate surface area is 131 Å². The molecular formula is C18H23NOS. The molecule has 0 bridgehead atoms. The Kier molecular flexibility index (Phi) is 6.15. The lowest BCUT2D eigenvalue weighted by Crippen LogP contribution is -2.18. The van der Waals surface area contributed by atoms with E-state index in [0.717, 1.165) is 17.9 Å². The van der Waals surface area contributed by atoms with Crippen molar-refractivity contribution >= 4 is 11.8 Å². The van der Waals surface area contributed by atoms with Crippen LogP contribution < -0.4 is 10.5 Å². The van der Waals surface area contributed by atoms with Gasteiger partial charge in [-0.3, -0.25) is 0 Å². The van der Waals surface area contributed by atoms with E-state index in [1.807, 2.05) is 24.8 Å². The molecule has 1 unspecified atom stereocenters. The molecule has 112 valence electrons. The highest BCUT2D eigenvalue weighted by Crippen LogP contribution is 2.25. The van der Waals surface area contributed by atoms with Crippen LogP contribution in [-0.4, -0.2) is 18.4 Å². The Morgan fingerprint density at radius 1 is 1.10 bits per heavy atom. The SMILES string of the molecule is Cc1cccc(CC(C)N)c1OCCSc1ccccc1. The van der Waals surface area contributed by atoms with E-state index in [1.165, 1.54) is 16.0 Å². The van der Waals surface area contributed by atoms with E-state index in [4.69, 9.17) is 10.5 Å². The van der Waals surface area contributed by atoms with Crippen molar-refractivity contribution in [1.82, 2.24) is 0 Å². The fourth-order valence-electron chi connectivity index (χ4n) is 2.25. The molecule has 2 aromatic carbocycles. The van der Waals surface area contributed by atoms with Gasteiger partial charge in [0.2, 0.25) is 0 Å². The number of hydrogen-bond acceptors (Lipinski definition) is 3. The number of aryl methyl sites for hydroxylation is 1. The molecule has 2 rings (SSSR count). The van der Waals surface area contributed by atoms with Crippen LogP contribution in [-0.2, 0) is 6.42 Å². The molecule has 21 heavy (non-hydrogen) atoms. The third-order valence-corrected chi connectivity index (χ3v) is 4.15. The van der Waals surface area contributed by atoms with Crippen molar-refractivity contribution in [2.24, 2.45) is 5.73 Å². The van der Waals surface area contributed by atoms with Gasteiger partial charge in [-0.1, -0.05) is 36.4 Å². The lowest BCUT2D eigenvalue weighted by Gasteiger charge is -2.15. The second-order valence-electron chi connectivity index (χ2n) is 5.25. The first-order valence-electron chi connectivity index (χ1n) is 7.31. The Balaban J connectivity index is 1.90. The lowest BCUT2D eigenvalue weighted by atomic mass is 10.0. The second-order valence-corrected chi connectivity index (χ2v) is 6.42. The topological polar surface area (TPSA) is 35.2 Å². The minimum Gasteiger partial charge on any atom is -0.492 e. The van der Waals surface area contributed by atoms with Crippen molar-refractivity contribution in [2.45, 2.75) is 31.2 Å². The first kappa shape index (κ1) is 15.9. The minimum atomic E-state index is 0.146. The van der Waals surface area contributed by atoms with Gasteiger partial charge in [-0.25, -0.2) is 0 Å². The van der Waals surface area contributed by atoms with E-state index in [-0.39, 0.29) is 6.04 Å². The van der Waals surface area contributed by atoms with E-state index in [9.17, 15) is 0 Å². The van der Waals surface area contributed by atoms with Gasteiger partial charge in [0, 0.05) is 16.7 Å². The molecular weight excluding hydrogens is 278 g/mol.